The van der Waals surface area contributed by atoms with Crippen LogP contribution in [0.5, 0.6) is 0 Å². The van der Waals surface area contributed by atoms with E-state index in [1.165, 1.54) is 44.3 Å². The van der Waals surface area contributed by atoms with Gasteiger partial charge in [0, 0.05) is 43.6 Å². The first kappa shape index (κ1) is 16.3. The number of fused-ring (bicyclic) bond motifs is 2. The van der Waals surface area contributed by atoms with Gasteiger partial charge in [0.05, 0.1) is 0 Å². The Morgan fingerprint density at radius 2 is 1.54 bits per heavy atom. The predicted octanol–water partition coefficient (Wildman–Crippen LogP) is 2.35. The smallest absolute Gasteiger partial charge is 0.225 e. The molecule has 4 rings (SSSR count). The molecule has 132 valence electrons. The van der Waals surface area contributed by atoms with E-state index in [1.54, 1.807) is 0 Å². The largest absolute Gasteiger partial charge is 0.332 e. The summed E-state index contributed by atoms with van der Waals surface area (Å²) >= 11 is 0. The van der Waals surface area contributed by atoms with Crippen LogP contribution in [0.15, 0.2) is 12.4 Å². The fourth-order valence-corrected chi connectivity index (χ4v) is 4.70. The summed E-state index contributed by atoms with van der Waals surface area (Å²) in [5.74, 6) is 1.60. The molecule has 0 aromatic carbocycles. The molecule has 0 N–H and O–H groups in total. The molecule has 3 aliphatic heterocycles. The van der Waals surface area contributed by atoms with Gasteiger partial charge in [-0.3, -0.25) is 4.90 Å². The van der Waals surface area contributed by atoms with Crippen molar-refractivity contribution in [1.82, 2.24) is 19.8 Å². The van der Waals surface area contributed by atoms with Crippen molar-refractivity contribution in [2.75, 3.05) is 38.1 Å². The van der Waals surface area contributed by atoms with E-state index in [9.17, 15) is 0 Å². The van der Waals surface area contributed by atoms with Crippen LogP contribution in [0, 0.1) is 0 Å². The molecule has 0 aliphatic carbocycles. The summed E-state index contributed by atoms with van der Waals surface area (Å²) in [4.78, 5) is 17.1. The highest BCUT2D eigenvalue weighted by atomic mass is 15.4. The Kier molecular flexibility index (Phi) is 4.48. The lowest BCUT2D eigenvalue weighted by Crippen LogP contribution is -2.56. The molecule has 5 nitrogen and oxygen atoms in total. The maximum absolute atomic E-state index is 4.79. The van der Waals surface area contributed by atoms with Gasteiger partial charge in [-0.25, -0.2) is 9.97 Å². The van der Waals surface area contributed by atoms with E-state index in [2.05, 4.69) is 48.0 Å². The van der Waals surface area contributed by atoms with E-state index < -0.39 is 0 Å². The number of piperidine rings is 1. The number of piperazine rings is 1. The summed E-state index contributed by atoms with van der Waals surface area (Å²) in [6.45, 7) is 9.31. The normalized spacial score (nSPS) is 29.6. The lowest BCUT2D eigenvalue weighted by atomic mass is 9.91. The highest BCUT2D eigenvalue weighted by Gasteiger charge is 2.41. The highest BCUT2D eigenvalue weighted by Crippen LogP contribution is 2.34. The second kappa shape index (κ2) is 6.60. The Balaban J connectivity index is 1.46. The molecule has 2 atom stereocenters. The average Bonchev–Trinajstić information content (AvgIpc) is 2.85. The summed E-state index contributed by atoms with van der Waals surface area (Å²) in [6, 6.07) is 1.84. The standard InChI is InChI=1S/C19H31N5/c1-14(2)23-12-17-4-5-18(13-23)24(17)19-20-10-16(11-21-19)15-6-8-22(3)9-7-15/h10-11,14-15,17-18H,4-9,12-13H2,1-3H3. The van der Waals surface area contributed by atoms with E-state index >= 15 is 0 Å². The van der Waals surface area contributed by atoms with Crippen molar-refractivity contribution in [3.8, 4) is 0 Å². The van der Waals surface area contributed by atoms with Crippen LogP contribution in [0.25, 0.3) is 0 Å². The zero-order chi connectivity index (χ0) is 16.7. The number of nitrogens with zero attached hydrogens (tertiary/aromatic N) is 5. The Morgan fingerprint density at radius 1 is 0.958 bits per heavy atom. The van der Waals surface area contributed by atoms with E-state index in [0.717, 1.165) is 19.0 Å². The Bertz CT molecular complexity index is 535. The van der Waals surface area contributed by atoms with Crippen molar-refractivity contribution in [3.05, 3.63) is 18.0 Å². The molecular formula is C19H31N5. The molecule has 0 saturated carbocycles. The van der Waals surface area contributed by atoms with Crippen molar-refractivity contribution >= 4 is 5.95 Å². The summed E-state index contributed by atoms with van der Waals surface area (Å²) in [7, 11) is 2.21. The number of anilines is 1. The van der Waals surface area contributed by atoms with Crippen molar-refractivity contribution in [1.29, 1.82) is 0 Å². The molecule has 0 radical (unpaired) electrons. The van der Waals surface area contributed by atoms with Gasteiger partial charge >= 0.3 is 0 Å². The van der Waals surface area contributed by atoms with Crippen molar-refractivity contribution in [3.63, 3.8) is 0 Å². The number of rotatable bonds is 3. The zero-order valence-corrected chi connectivity index (χ0v) is 15.4. The van der Waals surface area contributed by atoms with Gasteiger partial charge in [0.2, 0.25) is 5.95 Å². The fourth-order valence-electron chi connectivity index (χ4n) is 4.70. The first-order chi connectivity index (χ1) is 11.6. The van der Waals surface area contributed by atoms with Gasteiger partial charge in [0.15, 0.2) is 0 Å². The Hall–Kier alpha value is -1.20. The second-order valence-electron chi connectivity index (χ2n) is 8.23. The molecular weight excluding hydrogens is 298 g/mol. The lowest BCUT2D eigenvalue weighted by molar-refractivity contribution is 0.176. The van der Waals surface area contributed by atoms with Crippen LogP contribution < -0.4 is 4.90 Å². The lowest BCUT2D eigenvalue weighted by Gasteiger charge is -2.42. The van der Waals surface area contributed by atoms with E-state index in [-0.39, 0.29) is 0 Å². The third kappa shape index (κ3) is 3.04. The molecule has 3 fully saturated rings. The zero-order valence-electron chi connectivity index (χ0n) is 15.4. The van der Waals surface area contributed by atoms with Gasteiger partial charge in [-0.1, -0.05) is 0 Å². The second-order valence-corrected chi connectivity index (χ2v) is 8.23. The molecule has 0 spiro atoms. The van der Waals surface area contributed by atoms with Crippen LogP contribution in [-0.4, -0.2) is 71.1 Å². The van der Waals surface area contributed by atoms with Crippen LogP contribution >= 0.6 is 0 Å². The highest BCUT2D eigenvalue weighted by molar-refractivity contribution is 5.38. The maximum atomic E-state index is 4.79. The van der Waals surface area contributed by atoms with Gasteiger partial charge in [-0.15, -0.1) is 0 Å². The summed E-state index contributed by atoms with van der Waals surface area (Å²) in [6.07, 6.45) is 9.25. The molecule has 3 saturated heterocycles. The number of hydrogen-bond donors (Lipinski definition) is 0. The average molecular weight is 329 g/mol. The maximum Gasteiger partial charge on any atom is 0.225 e. The minimum Gasteiger partial charge on any atom is -0.332 e. The molecule has 1 aromatic rings. The number of aromatic nitrogens is 2. The number of likely N-dealkylation sites (tertiary alicyclic amines) is 2. The molecule has 4 heterocycles. The predicted molar refractivity (Wildman–Crippen MR) is 97.5 cm³/mol. The quantitative estimate of drug-likeness (QED) is 0.851. The molecule has 2 bridgehead atoms. The molecule has 2 unspecified atom stereocenters. The van der Waals surface area contributed by atoms with E-state index in [0.29, 0.717) is 24.0 Å². The molecule has 0 amide bonds. The van der Waals surface area contributed by atoms with E-state index in [1.807, 2.05) is 0 Å². The van der Waals surface area contributed by atoms with Gasteiger partial charge in [0.25, 0.3) is 0 Å². The van der Waals surface area contributed by atoms with Crippen molar-refractivity contribution < 1.29 is 0 Å². The van der Waals surface area contributed by atoms with Gasteiger partial charge in [-0.05, 0) is 71.1 Å². The molecule has 1 aromatic heterocycles. The summed E-state index contributed by atoms with van der Waals surface area (Å²) in [5.41, 5.74) is 1.33. The topological polar surface area (TPSA) is 35.5 Å². The van der Waals surface area contributed by atoms with Gasteiger partial charge < -0.3 is 9.80 Å². The first-order valence-electron chi connectivity index (χ1n) is 9.64. The monoisotopic (exact) mass is 329 g/mol. The van der Waals surface area contributed by atoms with Gasteiger partial charge in [0.1, 0.15) is 0 Å². The number of hydrogen-bond acceptors (Lipinski definition) is 5. The minimum absolute atomic E-state index is 0.598. The van der Waals surface area contributed by atoms with Crippen LogP contribution in [0.1, 0.15) is 51.0 Å². The van der Waals surface area contributed by atoms with Crippen LogP contribution in [0.4, 0.5) is 5.95 Å². The van der Waals surface area contributed by atoms with E-state index in [4.69, 9.17) is 9.97 Å². The van der Waals surface area contributed by atoms with Gasteiger partial charge in [-0.2, -0.15) is 0 Å². The fraction of sp³-hybridized carbons (Fsp3) is 0.789. The van der Waals surface area contributed by atoms with Crippen LogP contribution in [0.3, 0.4) is 0 Å². The Morgan fingerprint density at radius 3 is 2.08 bits per heavy atom. The van der Waals surface area contributed by atoms with Crippen molar-refractivity contribution in [2.24, 2.45) is 0 Å². The minimum atomic E-state index is 0.598. The van der Waals surface area contributed by atoms with Crippen LogP contribution in [-0.2, 0) is 0 Å². The molecule has 5 heteroatoms. The summed E-state index contributed by atoms with van der Waals surface area (Å²) in [5, 5.41) is 0. The molecule has 3 aliphatic rings. The molecule has 24 heavy (non-hydrogen) atoms. The van der Waals surface area contributed by atoms with Crippen molar-refractivity contribution in [2.45, 2.75) is 63.6 Å². The third-order valence-electron chi connectivity index (χ3n) is 6.32. The third-order valence-corrected chi connectivity index (χ3v) is 6.32. The summed E-state index contributed by atoms with van der Waals surface area (Å²) < 4.78 is 0. The first-order valence-corrected chi connectivity index (χ1v) is 9.64. The Labute approximate surface area is 146 Å². The van der Waals surface area contributed by atoms with Crippen LogP contribution in [0.2, 0.25) is 0 Å². The SMILES string of the molecule is CC(C)N1CC2CCC(C1)N2c1ncc(C2CCN(C)CC2)cn1.